The molecule has 1 unspecified atom stereocenters. The zero-order valence-corrected chi connectivity index (χ0v) is 11.4. The molecular formula is C14H21F2NO. The maximum atomic E-state index is 13.6. The summed E-state index contributed by atoms with van der Waals surface area (Å²) in [6.45, 7) is 6.29. The average Bonchev–Trinajstić information content (AvgIpc) is 2.28. The average molecular weight is 257 g/mol. The van der Waals surface area contributed by atoms with Gasteiger partial charge in [0.2, 0.25) is 0 Å². The third-order valence-electron chi connectivity index (χ3n) is 3.17. The van der Waals surface area contributed by atoms with E-state index in [0.717, 1.165) is 0 Å². The standard InChI is InChI=1S/C14H21F2NO/c1-5-18-14(2,3)13(17-4)9-10-11(15)7-6-8-12(10)16/h6-8,13,17H,5,9H2,1-4H3. The van der Waals surface area contributed by atoms with Crippen LogP contribution >= 0.6 is 0 Å². The lowest BCUT2D eigenvalue weighted by molar-refractivity contribution is -0.0366. The Labute approximate surface area is 107 Å². The van der Waals surface area contributed by atoms with E-state index in [2.05, 4.69) is 5.32 Å². The summed E-state index contributed by atoms with van der Waals surface area (Å²) in [5, 5.41) is 3.07. The first-order valence-corrected chi connectivity index (χ1v) is 6.16. The molecule has 0 amide bonds. The van der Waals surface area contributed by atoms with Gasteiger partial charge < -0.3 is 10.1 Å². The summed E-state index contributed by atoms with van der Waals surface area (Å²) < 4.78 is 32.9. The second kappa shape index (κ2) is 6.25. The van der Waals surface area contributed by atoms with Crippen LogP contribution in [0.3, 0.4) is 0 Å². The van der Waals surface area contributed by atoms with Crippen molar-refractivity contribution in [1.82, 2.24) is 5.32 Å². The van der Waals surface area contributed by atoms with Gasteiger partial charge in [-0.3, -0.25) is 0 Å². The number of benzene rings is 1. The van der Waals surface area contributed by atoms with Crippen LogP contribution in [0, 0.1) is 11.6 Å². The Kier molecular flexibility index (Phi) is 5.23. The van der Waals surface area contributed by atoms with Crippen molar-refractivity contribution < 1.29 is 13.5 Å². The fraction of sp³-hybridized carbons (Fsp3) is 0.571. The molecule has 102 valence electrons. The van der Waals surface area contributed by atoms with Crippen molar-refractivity contribution in [1.29, 1.82) is 0 Å². The van der Waals surface area contributed by atoms with Crippen LogP contribution in [0.4, 0.5) is 8.78 Å². The van der Waals surface area contributed by atoms with Crippen LogP contribution in [0.2, 0.25) is 0 Å². The summed E-state index contributed by atoms with van der Waals surface area (Å²) in [7, 11) is 1.77. The summed E-state index contributed by atoms with van der Waals surface area (Å²) in [6, 6.07) is 3.76. The van der Waals surface area contributed by atoms with Gasteiger partial charge in [-0.2, -0.15) is 0 Å². The number of halogens is 2. The number of hydrogen-bond donors (Lipinski definition) is 1. The summed E-state index contributed by atoms with van der Waals surface area (Å²) >= 11 is 0. The lowest BCUT2D eigenvalue weighted by atomic mass is 9.91. The van der Waals surface area contributed by atoms with Crippen LogP contribution in [0.15, 0.2) is 18.2 Å². The number of rotatable bonds is 6. The van der Waals surface area contributed by atoms with Crippen molar-refractivity contribution in [3.8, 4) is 0 Å². The first kappa shape index (κ1) is 15.1. The van der Waals surface area contributed by atoms with E-state index in [1.165, 1.54) is 18.2 Å². The Hall–Kier alpha value is -1.00. The molecule has 0 saturated heterocycles. The van der Waals surface area contributed by atoms with Gasteiger partial charge in [-0.15, -0.1) is 0 Å². The number of hydrogen-bond acceptors (Lipinski definition) is 2. The van der Waals surface area contributed by atoms with Crippen LogP contribution in [0.5, 0.6) is 0 Å². The van der Waals surface area contributed by atoms with E-state index in [1.54, 1.807) is 7.05 Å². The van der Waals surface area contributed by atoms with Crippen LogP contribution in [0.1, 0.15) is 26.3 Å². The smallest absolute Gasteiger partial charge is 0.129 e. The van der Waals surface area contributed by atoms with Gasteiger partial charge in [-0.1, -0.05) is 6.07 Å². The highest BCUT2D eigenvalue weighted by molar-refractivity contribution is 5.21. The van der Waals surface area contributed by atoms with Gasteiger partial charge in [0, 0.05) is 18.2 Å². The molecule has 18 heavy (non-hydrogen) atoms. The topological polar surface area (TPSA) is 21.3 Å². The minimum atomic E-state index is -0.512. The van der Waals surface area contributed by atoms with E-state index in [-0.39, 0.29) is 18.0 Å². The highest BCUT2D eigenvalue weighted by Crippen LogP contribution is 2.21. The normalized spacial score (nSPS) is 13.7. The number of nitrogens with one attached hydrogen (secondary N) is 1. The summed E-state index contributed by atoms with van der Waals surface area (Å²) in [5.74, 6) is -1.02. The molecule has 0 saturated carbocycles. The molecule has 0 aliphatic rings. The van der Waals surface area contributed by atoms with Gasteiger partial charge in [-0.05, 0) is 46.4 Å². The van der Waals surface area contributed by atoms with Gasteiger partial charge in [0.05, 0.1) is 5.60 Å². The first-order valence-electron chi connectivity index (χ1n) is 6.16. The second-order valence-electron chi connectivity index (χ2n) is 4.78. The molecule has 0 aliphatic carbocycles. The monoisotopic (exact) mass is 257 g/mol. The quantitative estimate of drug-likeness (QED) is 0.846. The third-order valence-corrected chi connectivity index (χ3v) is 3.17. The van der Waals surface area contributed by atoms with Gasteiger partial charge in [-0.25, -0.2) is 8.78 Å². The Morgan fingerprint density at radius 2 is 1.83 bits per heavy atom. The lowest BCUT2D eigenvalue weighted by Gasteiger charge is -2.34. The minimum Gasteiger partial charge on any atom is -0.374 e. The Morgan fingerprint density at radius 3 is 2.28 bits per heavy atom. The Balaban J connectivity index is 2.93. The van der Waals surface area contributed by atoms with Crippen LogP contribution < -0.4 is 5.32 Å². The molecule has 0 heterocycles. The molecule has 1 N–H and O–H groups in total. The third kappa shape index (κ3) is 3.50. The fourth-order valence-electron chi connectivity index (χ4n) is 2.10. The molecule has 0 aromatic heterocycles. The number of likely N-dealkylation sites (N-methyl/N-ethyl adjacent to an activating group) is 1. The van der Waals surface area contributed by atoms with E-state index >= 15 is 0 Å². The van der Waals surface area contributed by atoms with E-state index in [1.807, 2.05) is 20.8 Å². The molecule has 0 fully saturated rings. The summed E-state index contributed by atoms with van der Waals surface area (Å²) in [4.78, 5) is 0. The molecule has 0 spiro atoms. The molecule has 4 heteroatoms. The molecule has 1 atom stereocenters. The van der Waals surface area contributed by atoms with Crippen molar-refractivity contribution >= 4 is 0 Å². The summed E-state index contributed by atoms with van der Waals surface area (Å²) in [5.41, 5.74) is -0.386. The SMILES string of the molecule is CCOC(C)(C)C(Cc1c(F)cccc1F)NC. The van der Waals surface area contributed by atoms with Crippen LogP contribution in [0.25, 0.3) is 0 Å². The maximum absolute atomic E-state index is 13.6. The second-order valence-corrected chi connectivity index (χ2v) is 4.78. The van der Waals surface area contributed by atoms with Gasteiger partial charge in [0.15, 0.2) is 0 Å². The van der Waals surface area contributed by atoms with E-state index in [9.17, 15) is 8.78 Å². The summed E-state index contributed by atoms with van der Waals surface area (Å²) in [6.07, 6.45) is 0.252. The predicted octanol–water partition coefficient (Wildman–Crippen LogP) is 2.91. The molecule has 0 bridgehead atoms. The van der Waals surface area contributed by atoms with Crippen LogP contribution in [-0.4, -0.2) is 25.3 Å². The zero-order chi connectivity index (χ0) is 13.8. The van der Waals surface area contributed by atoms with E-state index < -0.39 is 17.2 Å². The maximum Gasteiger partial charge on any atom is 0.129 e. The molecule has 1 rings (SSSR count). The lowest BCUT2D eigenvalue weighted by Crippen LogP contribution is -2.48. The molecule has 1 aromatic rings. The van der Waals surface area contributed by atoms with Gasteiger partial charge >= 0.3 is 0 Å². The Morgan fingerprint density at radius 1 is 1.28 bits per heavy atom. The largest absolute Gasteiger partial charge is 0.374 e. The minimum absolute atomic E-state index is 0.102. The molecule has 2 nitrogen and oxygen atoms in total. The van der Waals surface area contributed by atoms with Crippen molar-refractivity contribution in [3.63, 3.8) is 0 Å². The first-order chi connectivity index (χ1) is 8.42. The molecule has 0 radical (unpaired) electrons. The van der Waals surface area contributed by atoms with E-state index in [0.29, 0.717) is 6.61 Å². The highest BCUT2D eigenvalue weighted by atomic mass is 19.1. The zero-order valence-electron chi connectivity index (χ0n) is 11.4. The van der Waals surface area contributed by atoms with Gasteiger partial charge in [0.25, 0.3) is 0 Å². The molecule has 0 aliphatic heterocycles. The Bertz CT molecular complexity index is 373. The van der Waals surface area contributed by atoms with Crippen LogP contribution in [-0.2, 0) is 11.2 Å². The van der Waals surface area contributed by atoms with Crippen molar-refractivity contribution in [2.24, 2.45) is 0 Å². The van der Waals surface area contributed by atoms with Crippen molar-refractivity contribution in [3.05, 3.63) is 35.4 Å². The van der Waals surface area contributed by atoms with Crippen molar-refractivity contribution in [2.75, 3.05) is 13.7 Å². The fourth-order valence-corrected chi connectivity index (χ4v) is 2.10. The van der Waals surface area contributed by atoms with Gasteiger partial charge in [0.1, 0.15) is 11.6 Å². The predicted molar refractivity (Wildman–Crippen MR) is 68.6 cm³/mol. The van der Waals surface area contributed by atoms with Crippen molar-refractivity contribution in [2.45, 2.75) is 38.8 Å². The molecular weight excluding hydrogens is 236 g/mol. The molecule has 1 aromatic carbocycles. The van der Waals surface area contributed by atoms with E-state index in [4.69, 9.17) is 4.74 Å². The number of ether oxygens (including phenoxy) is 1. The highest BCUT2D eigenvalue weighted by Gasteiger charge is 2.30.